The number of para-hydroxylation sites is 2. The molecule has 0 saturated heterocycles. The highest BCUT2D eigenvalue weighted by molar-refractivity contribution is 5.40. The fraction of sp³-hybridized carbons (Fsp3) is 0.375. The Morgan fingerprint density at radius 1 is 1.24 bits per heavy atom. The third-order valence-corrected chi connectivity index (χ3v) is 3.32. The molecule has 2 aromatic rings. The Bertz CT molecular complexity index is 604. The summed E-state index contributed by atoms with van der Waals surface area (Å²) in [4.78, 5) is 8.78. The zero-order valence-corrected chi connectivity index (χ0v) is 12.1. The van der Waals surface area contributed by atoms with E-state index in [4.69, 9.17) is 9.47 Å². The van der Waals surface area contributed by atoms with Crippen LogP contribution in [-0.4, -0.2) is 29.2 Å². The second-order valence-corrected chi connectivity index (χ2v) is 4.92. The van der Waals surface area contributed by atoms with Crippen molar-refractivity contribution >= 4 is 5.82 Å². The van der Waals surface area contributed by atoms with Gasteiger partial charge in [0.05, 0.1) is 0 Å². The second kappa shape index (κ2) is 6.43. The van der Waals surface area contributed by atoms with Gasteiger partial charge in [-0.15, -0.1) is 0 Å². The molecule has 1 aliphatic heterocycles. The van der Waals surface area contributed by atoms with Crippen molar-refractivity contribution in [1.29, 1.82) is 0 Å². The van der Waals surface area contributed by atoms with Crippen molar-refractivity contribution < 1.29 is 9.47 Å². The van der Waals surface area contributed by atoms with Gasteiger partial charge in [-0.3, -0.25) is 0 Å². The summed E-state index contributed by atoms with van der Waals surface area (Å²) >= 11 is 0. The van der Waals surface area contributed by atoms with Crippen molar-refractivity contribution in [2.24, 2.45) is 0 Å². The van der Waals surface area contributed by atoms with Crippen LogP contribution in [0.3, 0.4) is 0 Å². The number of anilines is 1. The van der Waals surface area contributed by atoms with E-state index in [-0.39, 0.29) is 6.10 Å². The van der Waals surface area contributed by atoms with Crippen LogP contribution in [0.2, 0.25) is 0 Å². The van der Waals surface area contributed by atoms with Crippen molar-refractivity contribution in [3.63, 3.8) is 0 Å². The van der Waals surface area contributed by atoms with E-state index in [1.807, 2.05) is 37.3 Å². The van der Waals surface area contributed by atoms with Gasteiger partial charge in [-0.25, -0.2) is 9.97 Å². The first-order valence-corrected chi connectivity index (χ1v) is 7.29. The average Bonchev–Trinajstić information content (AvgIpc) is 2.53. The number of nitrogens with zero attached hydrogens (tertiary/aromatic N) is 2. The summed E-state index contributed by atoms with van der Waals surface area (Å²) < 4.78 is 11.6. The van der Waals surface area contributed by atoms with Crippen LogP contribution in [0.4, 0.5) is 5.82 Å². The van der Waals surface area contributed by atoms with Crippen LogP contribution in [0, 0.1) is 0 Å². The molecule has 1 atom stereocenters. The van der Waals surface area contributed by atoms with E-state index >= 15 is 0 Å². The SMILES string of the molecule is CCNc1ccnc(CC[C@@H]2COc3ccccc3O2)n1. The van der Waals surface area contributed by atoms with Crippen LogP contribution in [0.25, 0.3) is 0 Å². The van der Waals surface area contributed by atoms with Gasteiger partial charge in [0.2, 0.25) is 0 Å². The normalized spacial score (nSPS) is 16.5. The van der Waals surface area contributed by atoms with Crippen LogP contribution < -0.4 is 14.8 Å². The molecule has 0 unspecified atom stereocenters. The predicted octanol–water partition coefficient (Wildman–Crippen LogP) is 2.68. The highest BCUT2D eigenvalue weighted by Crippen LogP contribution is 2.31. The first-order chi connectivity index (χ1) is 10.3. The Morgan fingerprint density at radius 3 is 2.95 bits per heavy atom. The Balaban J connectivity index is 1.58. The van der Waals surface area contributed by atoms with E-state index in [2.05, 4.69) is 15.3 Å². The van der Waals surface area contributed by atoms with Gasteiger partial charge in [0.1, 0.15) is 24.4 Å². The molecule has 0 saturated carbocycles. The summed E-state index contributed by atoms with van der Waals surface area (Å²) in [5.74, 6) is 3.33. The zero-order valence-electron chi connectivity index (χ0n) is 12.1. The molecule has 0 fully saturated rings. The summed E-state index contributed by atoms with van der Waals surface area (Å²) in [6.07, 6.45) is 3.44. The van der Waals surface area contributed by atoms with E-state index in [0.29, 0.717) is 6.61 Å². The Kier molecular flexibility index (Phi) is 4.19. The molecule has 5 nitrogen and oxygen atoms in total. The predicted molar refractivity (Wildman–Crippen MR) is 80.9 cm³/mol. The molecule has 1 aromatic heterocycles. The smallest absolute Gasteiger partial charge is 0.161 e. The molecule has 0 bridgehead atoms. The zero-order chi connectivity index (χ0) is 14.5. The molecule has 0 amide bonds. The lowest BCUT2D eigenvalue weighted by Crippen LogP contribution is -2.29. The minimum Gasteiger partial charge on any atom is -0.486 e. The van der Waals surface area contributed by atoms with Crippen LogP contribution >= 0.6 is 0 Å². The molecule has 2 heterocycles. The number of fused-ring (bicyclic) bond motifs is 1. The molecule has 0 spiro atoms. The summed E-state index contributed by atoms with van der Waals surface area (Å²) in [7, 11) is 0. The monoisotopic (exact) mass is 285 g/mol. The van der Waals surface area contributed by atoms with E-state index in [9.17, 15) is 0 Å². The number of nitrogens with one attached hydrogen (secondary N) is 1. The number of benzene rings is 1. The fourth-order valence-electron chi connectivity index (χ4n) is 2.29. The minimum absolute atomic E-state index is 0.0475. The molecule has 0 radical (unpaired) electrons. The van der Waals surface area contributed by atoms with E-state index in [1.54, 1.807) is 6.20 Å². The molecule has 1 aromatic carbocycles. The van der Waals surface area contributed by atoms with Crippen molar-refractivity contribution in [3.8, 4) is 11.5 Å². The number of ether oxygens (including phenoxy) is 2. The first-order valence-electron chi connectivity index (χ1n) is 7.29. The van der Waals surface area contributed by atoms with Gasteiger partial charge in [-0.05, 0) is 31.5 Å². The van der Waals surface area contributed by atoms with Gasteiger partial charge in [-0.1, -0.05) is 12.1 Å². The van der Waals surface area contributed by atoms with Gasteiger partial charge in [0.15, 0.2) is 11.5 Å². The van der Waals surface area contributed by atoms with Gasteiger partial charge < -0.3 is 14.8 Å². The standard InChI is InChI=1S/C16H19N3O2/c1-2-17-16-9-10-18-15(19-16)8-7-12-11-20-13-5-3-4-6-14(13)21-12/h3-6,9-10,12H,2,7-8,11H2,1H3,(H,17,18,19)/t12-/m1/s1. The van der Waals surface area contributed by atoms with Crippen LogP contribution in [0.15, 0.2) is 36.5 Å². The topological polar surface area (TPSA) is 56.3 Å². The molecule has 21 heavy (non-hydrogen) atoms. The number of aryl methyl sites for hydroxylation is 1. The molecule has 110 valence electrons. The molecule has 3 rings (SSSR count). The Morgan fingerprint density at radius 2 is 2.10 bits per heavy atom. The van der Waals surface area contributed by atoms with Crippen molar-refractivity contribution in [2.45, 2.75) is 25.9 Å². The summed E-state index contributed by atoms with van der Waals surface area (Å²) in [6, 6.07) is 9.64. The van der Waals surface area contributed by atoms with E-state index in [0.717, 1.165) is 42.5 Å². The van der Waals surface area contributed by atoms with Crippen LogP contribution in [0.5, 0.6) is 11.5 Å². The quantitative estimate of drug-likeness (QED) is 0.915. The summed E-state index contributed by atoms with van der Waals surface area (Å²) in [5, 5.41) is 3.19. The maximum absolute atomic E-state index is 5.94. The van der Waals surface area contributed by atoms with Gasteiger partial charge in [0.25, 0.3) is 0 Å². The molecule has 1 aliphatic rings. The summed E-state index contributed by atoms with van der Waals surface area (Å²) in [6.45, 7) is 3.48. The van der Waals surface area contributed by atoms with Crippen molar-refractivity contribution in [3.05, 3.63) is 42.4 Å². The largest absolute Gasteiger partial charge is 0.486 e. The Labute approximate surface area is 124 Å². The lowest BCUT2D eigenvalue weighted by molar-refractivity contribution is 0.0847. The number of rotatable bonds is 5. The highest BCUT2D eigenvalue weighted by Gasteiger charge is 2.20. The number of hydrogen-bond acceptors (Lipinski definition) is 5. The highest BCUT2D eigenvalue weighted by atomic mass is 16.6. The minimum atomic E-state index is 0.0475. The molecular formula is C16H19N3O2. The van der Waals surface area contributed by atoms with Crippen molar-refractivity contribution in [2.75, 3.05) is 18.5 Å². The van der Waals surface area contributed by atoms with E-state index < -0.39 is 0 Å². The lowest BCUT2D eigenvalue weighted by atomic mass is 10.1. The molecular weight excluding hydrogens is 266 g/mol. The molecule has 5 heteroatoms. The average molecular weight is 285 g/mol. The van der Waals surface area contributed by atoms with E-state index in [1.165, 1.54) is 0 Å². The summed E-state index contributed by atoms with van der Waals surface area (Å²) in [5.41, 5.74) is 0. The molecule has 1 N–H and O–H groups in total. The third kappa shape index (κ3) is 3.42. The molecule has 0 aliphatic carbocycles. The number of aromatic nitrogens is 2. The fourth-order valence-corrected chi connectivity index (χ4v) is 2.29. The third-order valence-electron chi connectivity index (χ3n) is 3.32. The van der Waals surface area contributed by atoms with Crippen LogP contribution in [0.1, 0.15) is 19.2 Å². The first kappa shape index (κ1) is 13.7. The lowest BCUT2D eigenvalue weighted by Gasteiger charge is -2.26. The number of hydrogen-bond donors (Lipinski definition) is 1. The maximum atomic E-state index is 5.94. The maximum Gasteiger partial charge on any atom is 0.161 e. The van der Waals surface area contributed by atoms with Crippen LogP contribution in [-0.2, 0) is 6.42 Å². The van der Waals surface area contributed by atoms with Gasteiger partial charge in [-0.2, -0.15) is 0 Å². The van der Waals surface area contributed by atoms with Gasteiger partial charge in [0, 0.05) is 19.2 Å². The Hall–Kier alpha value is -2.30. The van der Waals surface area contributed by atoms with Gasteiger partial charge >= 0.3 is 0 Å². The van der Waals surface area contributed by atoms with Crippen molar-refractivity contribution in [1.82, 2.24) is 9.97 Å². The second-order valence-electron chi connectivity index (χ2n) is 4.92.